The number of fused-ring (bicyclic) bond motifs is 9. The highest BCUT2D eigenvalue weighted by Crippen LogP contribution is 2.49. The minimum atomic E-state index is 0.324. The molecule has 3 atom stereocenters. The van der Waals surface area contributed by atoms with Gasteiger partial charge in [0.15, 0.2) is 0 Å². The number of rotatable bonds is 4. The highest BCUT2D eigenvalue weighted by molar-refractivity contribution is 6.21. The SMILES string of the molecule is C1=c2c(n(-c3cccc(-c4c5ccccc5c(-c5cccc(N6c7ccccc7/C7=C/C/C=C\CCC76)c5)c5ccccc45)c3)c3ccccc23)=CC2CC12. The second kappa shape index (κ2) is 12.1. The summed E-state index contributed by atoms with van der Waals surface area (Å²) in [7, 11) is 0. The number of nitrogens with zero attached hydrogens (tertiary/aromatic N) is 2. The third-order valence-electron chi connectivity index (χ3n) is 12.7. The van der Waals surface area contributed by atoms with Crippen LogP contribution in [0, 0.1) is 11.8 Å². The summed E-state index contributed by atoms with van der Waals surface area (Å²) in [6.45, 7) is 0. The van der Waals surface area contributed by atoms with E-state index in [-0.39, 0.29) is 0 Å². The molecule has 7 aromatic carbocycles. The van der Waals surface area contributed by atoms with Crippen LogP contribution in [-0.2, 0) is 0 Å². The predicted molar refractivity (Wildman–Crippen MR) is 232 cm³/mol. The van der Waals surface area contributed by atoms with Gasteiger partial charge >= 0.3 is 0 Å². The predicted octanol–water partition coefficient (Wildman–Crippen LogP) is 12.1. The van der Waals surface area contributed by atoms with Crippen LogP contribution in [0.5, 0.6) is 0 Å². The molecule has 1 aliphatic heterocycles. The normalized spacial score (nSPS) is 21.0. The van der Waals surface area contributed by atoms with E-state index >= 15 is 0 Å². The summed E-state index contributed by atoms with van der Waals surface area (Å²) < 4.78 is 2.51. The van der Waals surface area contributed by atoms with Crippen LogP contribution < -0.4 is 15.5 Å². The average Bonchev–Trinajstić information content (AvgIpc) is 3.83. The van der Waals surface area contributed by atoms with Gasteiger partial charge in [0, 0.05) is 33.2 Å². The summed E-state index contributed by atoms with van der Waals surface area (Å²) >= 11 is 0. The van der Waals surface area contributed by atoms with Crippen LogP contribution in [0.4, 0.5) is 11.4 Å². The summed E-state index contributed by atoms with van der Waals surface area (Å²) in [5.41, 5.74) is 13.0. The first kappa shape index (κ1) is 31.0. The van der Waals surface area contributed by atoms with Crippen LogP contribution in [-0.4, -0.2) is 10.6 Å². The van der Waals surface area contributed by atoms with Gasteiger partial charge in [-0.3, -0.25) is 0 Å². The van der Waals surface area contributed by atoms with E-state index in [0.29, 0.717) is 17.9 Å². The average molecular weight is 705 g/mol. The Labute approximate surface area is 321 Å². The van der Waals surface area contributed by atoms with E-state index < -0.39 is 0 Å². The van der Waals surface area contributed by atoms with Crippen molar-refractivity contribution < 1.29 is 0 Å². The fourth-order valence-electron chi connectivity index (χ4n) is 10.2. The lowest BCUT2D eigenvalue weighted by molar-refractivity contribution is 0.736. The Morgan fingerprint density at radius 2 is 1.15 bits per heavy atom. The molecule has 262 valence electrons. The van der Waals surface area contributed by atoms with Gasteiger partial charge in [-0.1, -0.05) is 140 Å². The van der Waals surface area contributed by atoms with Crippen LogP contribution in [0.15, 0.2) is 164 Å². The van der Waals surface area contributed by atoms with Crippen LogP contribution in [0.1, 0.15) is 31.2 Å². The number of aromatic nitrogens is 1. The topological polar surface area (TPSA) is 8.17 Å². The molecule has 1 fully saturated rings. The Kier molecular flexibility index (Phi) is 6.80. The quantitative estimate of drug-likeness (QED) is 0.131. The fraction of sp³-hybridized carbons (Fsp3) is 0.132. The van der Waals surface area contributed by atoms with Crippen molar-refractivity contribution in [1.29, 1.82) is 0 Å². The molecule has 55 heavy (non-hydrogen) atoms. The van der Waals surface area contributed by atoms with E-state index in [9.17, 15) is 0 Å². The number of benzene rings is 7. The van der Waals surface area contributed by atoms with Gasteiger partial charge in [-0.25, -0.2) is 0 Å². The fourth-order valence-corrected chi connectivity index (χ4v) is 10.2. The highest BCUT2D eigenvalue weighted by atomic mass is 15.2. The molecule has 0 N–H and O–H groups in total. The molecular formula is C53H40N2. The second-order valence-corrected chi connectivity index (χ2v) is 15.8. The zero-order valence-corrected chi connectivity index (χ0v) is 30.7. The summed E-state index contributed by atoms with van der Waals surface area (Å²) in [6, 6.07) is 55.0. The Hall–Kier alpha value is -6.38. The van der Waals surface area contributed by atoms with Crippen molar-refractivity contribution in [3.63, 3.8) is 0 Å². The third kappa shape index (κ3) is 4.74. The third-order valence-corrected chi connectivity index (χ3v) is 12.7. The first-order valence-corrected chi connectivity index (χ1v) is 20.0. The van der Waals surface area contributed by atoms with E-state index in [1.165, 1.54) is 99.9 Å². The van der Waals surface area contributed by atoms with Crippen molar-refractivity contribution in [2.45, 2.75) is 31.7 Å². The first-order chi connectivity index (χ1) is 27.3. The van der Waals surface area contributed by atoms with Crippen molar-refractivity contribution in [3.8, 4) is 27.9 Å². The molecular weight excluding hydrogens is 665 g/mol. The zero-order valence-electron chi connectivity index (χ0n) is 30.7. The molecule has 0 bridgehead atoms. The molecule has 2 heteroatoms. The first-order valence-electron chi connectivity index (χ1n) is 20.0. The minimum Gasteiger partial charge on any atom is -0.333 e. The van der Waals surface area contributed by atoms with E-state index in [0.717, 1.165) is 19.3 Å². The Bertz CT molecular complexity index is 3030. The lowest BCUT2D eigenvalue weighted by Gasteiger charge is -2.29. The molecule has 2 nitrogen and oxygen atoms in total. The van der Waals surface area contributed by atoms with Gasteiger partial charge in [0.1, 0.15) is 0 Å². The number of anilines is 2. The zero-order chi connectivity index (χ0) is 36.0. The summed E-state index contributed by atoms with van der Waals surface area (Å²) in [5.74, 6) is 1.37. The molecule has 8 aromatic rings. The minimum absolute atomic E-state index is 0.324. The summed E-state index contributed by atoms with van der Waals surface area (Å²) in [5, 5.41) is 9.22. The van der Waals surface area contributed by atoms with Gasteiger partial charge in [0.2, 0.25) is 0 Å². The Balaban J connectivity index is 1.05. The summed E-state index contributed by atoms with van der Waals surface area (Å²) in [6.07, 6.45) is 16.6. The molecule has 0 amide bonds. The van der Waals surface area contributed by atoms with Gasteiger partial charge in [0.25, 0.3) is 0 Å². The lowest BCUT2D eigenvalue weighted by Crippen LogP contribution is -2.30. The van der Waals surface area contributed by atoms with E-state index in [1.54, 1.807) is 0 Å². The molecule has 0 saturated heterocycles. The van der Waals surface area contributed by atoms with Crippen molar-refractivity contribution in [2.24, 2.45) is 11.8 Å². The smallest absolute Gasteiger partial charge is 0.0598 e. The van der Waals surface area contributed by atoms with E-state index in [2.05, 4.69) is 185 Å². The van der Waals surface area contributed by atoms with Crippen LogP contribution in [0.3, 0.4) is 0 Å². The lowest BCUT2D eigenvalue weighted by atomic mass is 9.86. The van der Waals surface area contributed by atoms with E-state index in [4.69, 9.17) is 0 Å². The monoisotopic (exact) mass is 704 g/mol. The molecule has 4 aliphatic rings. The number of hydrogen-bond donors (Lipinski definition) is 0. The van der Waals surface area contributed by atoms with Crippen molar-refractivity contribution in [1.82, 2.24) is 4.57 Å². The maximum absolute atomic E-state index is 2.61. The number of hydrogen-bond acceptors (Lipinski definition) is 1. The molecule has 0 radical (unpaired) electrons. The molecule has 2 heterocycles. The molecule has 3 aliphatic carbocycles. The number of allylic oxidation sites excluding steroid dienone is 3. The molecule has 1 saturated carbocycles. The van der Waals surface area contributed by atoms with Crippen LogP contribution >= 0.6 is 0 Å². The van der Waals surface area contributed by atoms with Crippen molar-refractivity contribution >= 4 is 61.5 Å². The van der Waals surface area contributed by atoms with Gasteiger partial charge < -0.3 is 9.47 Å². The Morgan fingerprint density at radius 3 is 1.89 bits per heavy atom. The second-order valence-electron chi connectivity index (χ2n) is 15.8. The van der Waals surface area contributed by atoms with Crippen LogP contribution in [0.2, 0.25) is 0 Å². The summed E-state index contributed by atoms with van der Waals surface area (Å²) in [4.78, 5) is 2.61. The highest BCUT2D eigenvalue weighted by Gasteiger charge is 2.36. The maximum Gasteiger partial charge on any atom is 0.0598 e. The maximum atomic E-state index is 2.61. The van der Waals surface area contributed by atoms with E-state index in [1.807, 2.05) is 0 Å². The van der Waals surface area contributed by atoms with Gasteiger partial charge in [-0.15, -0.1) is 0 Å². The number of para-hydroxylation sites is 2. The molecule has 12 rings (SSSR count). The van der Waals surface area contributed by atoms with Crippen LogP contribution in [0.25, 0.3) is 78.1 Å². The van der Waals surface area contributed by atoms with Crippen molar-refractivity contribution in [3.05, 3.63) is 180 Å². The van der Waals surface area contributed by atoms with Gasteiger partial charge in [-0.2, -0.15) is 0 Å². The molecule has 1 aromatic heterocycles. The van der Waals surface area contributed by atoms with Crippen molar-refractivity contribution in [2.75, 3.05) is 4.90 Å². The Morgan fingerprint density at radius 1 is 0.527 bits per heavy atom. The van der Waals surface area contributed by atoms with Gasteiger partial charge in [0.05, 0.1) is 16.9 Å². The standard InChI is InChI=1S/C53H40N2/c1-2-4-26-48-40(19-3-1)41-20-9-11-27-49(41)54(48)38-17-13-15-34(30-38)52-43-22-5-7-24-45(43)53(46-25-8-6-23-44(46)52)35-16-14-18-39(31-35)55-50-28-12-10-21-42(50)47-32-36-29-37(36)33-51(47)55/h1-2,5-25,27-28,30-33,36-37,48H,3-4,26,29H2/b2-1-,40-19-. The molecule has 0 spiro atoms. The largest absolute Gasteiger partial charge is 0.333 e. The van der Waals surface area contributed by atoms with Gasteiger partial charge in [-0.05, 0) is 123 Å². The molecule has 3 unspecified atom stereocenters.